The van der Waals surface area contributed by atoms with Gasteiger partial charge in [0.25, 0.3) is 0 Å². The number of hydrogen-bond acceptors (Lipinski definition) is 6. The van der Waals surface area contributed by atoms with Crippen molar-refractivity contribution in [3.63, 3.8) is 0 Å². The molecule has 6 nitrogen and oxygen atoms in total. The Kier molecular flexibility index (Phi) is 4.29. The average Bonchev–Trinajstić information content (AvgIpc) is 3.44. The van der Waals surface area contributed by atoms with Gasteiger partial charge < -0.3 is 20.3 Å². The zero-order valence-corrected chi connectivity index (χ0v) is 16.2. The van der Waals surface area contributed by atoms with Crippen LogP contribution in [0.5, 0.6) is 5.75 Å². The number of aromatic nitrogens is 2. The molecular formula is C22H27N3O3. The first-order chi connectivity index (χ1) is 13.6. The third kappa shape index (κ3) is 2.95. The summed E-state index contributed by atoms with van der Waals surface area (Å²) in [5, 5.41) is 33.5. The second-order valence-corrected chi connectivity index (χ2v) is 8.47. The fraction of sp³-hybridized carbons (Fsp3) is 0.545. The van der Waals surface area contributed by atoms with Gasteiger partial charge in [0.1, 0.15) is 11.4 Å². The molecule has 2 fully saturated rings. The third-order valence-electron chi connectivity index (χ3n) is 6.42. The van der Waals surface area contributed by atoms with Crippen LogP contribution >= 0.6 is 0 Å². The smallest absolute Gasteiger partial charge is 0.155 e. The molecule has 1 aromatic heterocycles. The van der Waals surface area contributed by atoms with Crippen LogP contribution in [0.2, 0.25) is 0 Å². The number of aliphatic hydroxyl groups is 1. The van der Waals surface area contributed by atoms with Gasteiger partial charge in [0.05, 0.1) is 24.4 Å². The number of phenolic OH excluding ortho intramolecular Hbond substituents is 1. The fourth-order valence-corrected chi connectivity index (χ4v) is 4.75. The van der Waals surface area contributed by atoms with Crippen molar-refractivity contribution in [3.05, 3.63) is 34.9 Å². The maximum absolute atomic E-state index is 10.5. The molecule has 0 amide bonds. The highest BCUT2D eigenvalue weighted by Gasteiger charge is 2.52. The first kappa shape index (κ1) is 17.9. The van der Waals surface area contributed by atoms with Crippen LogP contribution in [0.4, 0.5) is 5.82 Å². The van der Waals surface area contributed by atoms with E-state index in [-0.39, 0.29) is 23.5 Å². The number of aromatic hydroxyl groups is 1. The molecule has 1 aliphatic heterocycles. The van der Waals surface area contributed by atoms with Crippen LogP contribution in [-0.2, 0) is 16.8 Å². The zero-order chi connectivity index (χ0) is 19.3. The van der Waals surface area contributed by atoms with Gasteiger partial charge in [0, 0.05) is 11.1 Å². The van der Waals surface area contributed by atoms with Crippen LogP contribution in [0.3, 0.4) is 0 Å². The monoisotopic (exact) mass is 381 g/mol. The average molecular weight is 381 g/mol. The summed E-state index contributed by atoms with van der Waals surface area (Å²) in [6, 6.07) is 5.67. The van der Waals surface area contributed by atoms with Crippen molar-refractivity contribution in [1.29, 1.82) is 0 Å². The van der Waals surface area contributed by atoms with Gasteiger partial charge in [-0.15, -0.1) is 10.2 Å². The van der Waals surface area contributed by atoms with E-state index in [1.807, 2.05) is 19.1 Å². The topological polar surface area (TPSA) is 87.5 Å². The first-order valence-electron chi connectivity index (χ1n) is 10.4. The number of benzene rings is 1. The van der Waals surface area contributed by atoms with E-state index in [0.29, 0.717) is 6.61 Å². The van der Waals surface area contributed by atoms with Crippen LogP contribution in [0.1, 0.15) is 55.2 Å². The molecule has 2 aliphatic carbocycles. The molecule has 2 atom stereocenters. The van der Waals surface area contributed by atoms with Gasteiger partial charge in [-0.1, -0.05) is 18.9 Å². The number of hydrogen-bond donors (Lipinski definition) is 3. The molecule has 0 bridgehead atoms. The summed E-state index contributed by atoms with van der Waals surface area (Å²) >= 11 is 0. The number of fused-ring (bicyclic) bond motifs is 2. The molecular weight excluding hydrogens is 354 g/mol. The van der Waals surface area contributed by atoms with E-state index in [2.05, 4.69) is 15.5 Å². The van der Waals surface area contributed by atoms with Crippen LogP contribution in [0.15, 0.2) is 18.2 Å². The predicted molar refractivity (Wildman–Crippen MR) is 106 cm³/mol. The molecule has 2 heterocycles. The normalized spacial score (nSPS) is 25.4. The van der Waals surface area contributed by atoms with Gasteiger partial charge in [0.15, 0.2) is 5.82 Å². The molecule has 2 saturated carbocycles. The number of aryl methyl sites for hydroxylation is 1. The van der Waals surface area contributed by atoms with Gasteiger partial charge in [-0.25, -0.2) is 0 Å². The van der Waals surface area contributed by atoms with E-state index in [0.717, 1.165) is 78.7 Å². The lowest BCUT2D eigenvalue weighted by atomic mass is 9.90. The molecule has 1 spiro atoms. The van der Waals surface area contributed by atoms with Gasteiger partial charge >= 0.3 is 0 Å². The summed E-state index contributed by atoms with van der Waals surface area (Å²) in [5.74, 6) is 0.977. The summed E-state index contributed by atoms with van der Waals surface area (Å²) in [4.78, 5) is 0. The van der Waals surface area contributed by atoms with Crippen LogP contribution < -0.4 is 5.32 Å². The van der Waals surface area contributed by atoms with E-state index in [9.17, 15) is 10.2 Å². The highest BCUT2D eigenvalue weighted by Crippen LogP contribution is 2.56. The molecule has 3 N–H and O–H groups in total. The molecule has 3 aliphatic rings. The van der Waals surface area contributed by atoms with Crippen molar-refractivity contribution in [3.8, 4) is 17.0 Å². The summed E-state index contributed by atoms with van der Waals surface area (Å²) in [6.07, 6.45) is 6.29. The minimum absolute atomic E-state index is 0.00324. The molecule has 0 saturated heterocycles. The standard InChI is InChI=1S/C22H27N3O3/c1-13-6-7-14(18(27)12-13)20-15-8-11-28-22(9-10-22)19(15)21(25-24-20)23-16-4-2-3-5-17(16)26/h6-7,12,16-17,26-27H,2-5,8-11H2,1H3,(H,23,25)/t16-,17-/m1/s1. The molecule has 0 unspecified atom stereocenters. The fourth-order valence-electron chi connectivity index (χ4n) is 4.75. The summed E-state index contributed by atoms with van der Waals surface area (Å²) in [7, 11) is 0. The van der Waals surface area contributed by atoms with Crippen molar-refractivity contribution < 1.29 is 14.9 Å². The molecule has 148 valence electrons. The lowest BCUT2D eigenvalue weighted by Gasteiger charge is -2.33. The van der Waals surface area contributed by atoms with Crippen LogP contribution in [-0.4, -0.2) is 39.2 Å². The quantitative estimate of drug-likeness (QED) is 0.755. The predicted octanol–water partition coefficient (Wildman–Crippen LogP) is 3.43. The van der Waals surface area contributed by atoms with Crippen molar-refractivity contribution in [1.82, 2.24) is 10.2 Å². The second kappa shape index (κ2) is 6.71. The summed E-state index contributed by atoms with van der Waals surface area (Å²) < 4.78 is 6.17. The van der Waals surface area contributed by atoms with Crippen molar-refractivity contribution in [2.75, 3.05) is 11.9 Å². The molecule has 6 heteroatoms. The van der Waals surface area contributed by atoms with Gasteiger partial charge in [0.2, 0.25) is 0 Å². The Morgan fingerprint density at radius 1 is 1.18 bits per heavy atom. The number of aliphatic hydroxyl groups excluding tert-OH is 1. The molecule has 2 aromatic rings. The Hall–Kier alpha value is -2.18. The Labute approximate surface area is 165 Å². The largest absolute Gasteiger partial charge is 0.507 e. The maximum Gasteiger partial charge on any atom is 0.155 e. The van der Waals surface area contributed by atoms with Crippen molar-refractivity contribution in [2.45, 2.75) is 69.6 Å². The highest BCUT2D eigenvalue weighted by atomic mass is 16.5. The number of nitrogens with one attached hydrogen (secondary N) is 1. The first-order valence-corrected chi connectivity index (χ1v) is 10.4. The molecule has 1 aromatic carbocycles. The zero-order valence-electron chi connectivity index (χ0n) is 16.2. The maximum atomic E-state index is 10.5. The van der Waals surface area contributed by atoms with Gasteiger partial charge in [-0.05, 0) is 62.3 Å². The lowest BCUT2D eigenvalue weighted by molar-refractivity contribution is 0.0199. The van der Waals surface area contributed by atoms with Crippen LogP contribution in [0.25, 0.3) is 11.3 Å². The van der Waals surface area contributed by atoms with E-state index in [1.54, 1.807) is 6.07 Å². The SMILES string of the molecule is Cc1ccc(-c2nnc(N[C@@H]3CCCC[C@H]3O)c3c2CCOC32CC2)c(O)c1. The Bertz CT molecular complexity index is 910. The Morgan fingerprint density at radius 2 is 2.00 bits per heavy atom. The van der Waals surface area contributed by atoms with Gasteiger partial charge in [-0.2, -0.15) is 0 Å². The number of rotatable bonds is 3. The van der Waals surface area contributed by atoms with Crippen molar-refractivity contribution in [2.24, 2.45) is 0 Å². The minimum Gasteiger partial charge on any atom is -0.507 e. The van der Waals surface area contributed by atoms with E-state index >= 15 is 0 Å². The Balaban J connectivity index is 1.60. The van der Waals surface area contributed by atoms with E-state index in [4.69, 9.17) is 4.74 Å². The second-order valence-electron chi connectivity index (χ2n) is 8.47. The van der Waals surface area contributed by atoms with E-state index < -0.39 is 0 Å². The summed E-state index contributed by atoms with van der Waals surface area (Å²) in [5.41, 5.74) is 4.40. The molecule has 0 radical (unpaired) electrons. The number of anilines is 1. The molecule has 5 rings (SSSR count). The summed E-state index contributed by atoms with van der Waals surface area (Å²) in [6.45, 7) is 2.62. The van der Waals surface area contributed by atoms with Gasteiger partial charge in [-0.3, -0.25) is 0 Å². The third-order valence-corrected chi connectivity index (χ3v) is 6.42. The molecule has 28 heavy (non-hydrogen) atoms. The van der Waals surface area contributed by atoms with Crippen LogP contribution in [0, 0.1) is 6.92 Å². The lowest BCUT2D eigenvalue weighted by Crippen LogP contribution is -2.38. The minimum atomic E-state index is -0.355. The van der Waals surface area contributed by atoms with Crippen molar-refractivity contribution >= 4 is 5.82 Å². The van der Waals surface area contributed by atoms with E-state index in [1.165, 1.54) is 0 Å². The highest BCUT2D eigenvalue weighted by molar-refractivity contribution is 5.74. The number of nitrogens with zero attached hydrogens (tertiary/aromatic N) is 2. The Morgan fingerprint density at radius 3 is 2.75 bits per heavy atom. The number of ether oxygens (including phenoxy) is 1. The number of phenols is 1.